The summed E-state index contributed by atoms with van der Waals surface area (Å²) in [5.41, 5.74) is 2.01. The predicted molar refractivity (Wildman–Crippen MR) is 89.3 cm³/mol. The zero-order chi connectivity index (χ0) is 16.9. The fourth-order valence-electron chi connectivity index (χ4n) is 2.46. The second kappa shape index (κ2) is 7.12. The molecule has 5 nitrogen and oxygen atoms in total. The maximum absolute atomic E-state index is 12.8. The number of fused-ring (bicyclic) bond motifs is 1. The standard InChI is InChI=1S/C18H18FN3O2/c1-22-16-5-3-2-4-15(16)21-17(22)10-11-20-18(23)12-24-14-8-6-13(19)7-9-14/h2-9H,10-12H2,1H3,(H,20,23). The molecular formula is C18H18FN3O2. The van der Waals surface area contributed by atoms with E-state index in [9.17, 15) is 9.18 Å². The van der Waals surface area contributed by atoms with Crippen molar-refractivity contribution >= 4 is 16.9 Å². The smallest absolute Gasteiger partial charge is 0.257 e. The number of imidazole rings is 1. The van der Waals surface area contributed by atoms with Crippen LogP contribution < -0.4 is 10.1 Å². The predicted octanol–water partition coefficient (Wildman–Crippen LogP) is 2.45. The second-order valence-electron chi connectivity index (χ2n) is 5.42. The van der Waals surface area contributed by atoms with Crippen molar-refractivity contribution in [1.29, 1.82) is 0 Å². The summed E-state index contributed by atoms with van der Waals surface area (Å²) in [7, 11) is 1.96. The number of hydrogen-bond donors (Lipinski definition) is 1. The first-order valence-corrected chi connectivity index (χ1v) is 7.69. The Balaban J connectivity index is 1.47. The van der Waals surface area contributed by atoms with Crippen LogP contribution >= 0.6 is 0 Å². The molecule has 1 N–H and O–H groups in total. The summed E-state index contributed by atoms with van der Waals surface area (Å²) in [6.45, 7) is 0.372. The summed E-state index contributed by atoms with van der Waals surface area (Å²) < 4.78 is 20.1. The molecule has 2 aromatic carbocycles. The molecule has 1 amide bonds. The number of nitrogens with zero attached hydrogens (tertiary/aromatic N) is 2. The molecule has 0 aliphatic heterocycles. The first kappa shape index (κ1) is 16.0. The number of carbonyl (C=O) groups excluding carboxylic acids is 1. The maximum atomic E-state index is 12.8. The zero-order valence-electron chi connectivity index (χ0n) is 13.3. The van der Waals surface area contributed by atoms with E-state index >= 15 is 0 Å². The van der Waals surface area contributed by atoms with Crippen molar-refractivity contribution in [2.45, 2.75) is 6.42 Å². The summed E-state index contributed by atoms with van der Waals surface area (Å²) in [6, 6.07) is 13.5. The van der Waals surface area contributed by atoms with Crippen LogP contribution in [0.25, 0.3) is 11.0 Å². The normalized spacial score (nSPS) is 10.8. The van der Waals surface area contributed by atoms with Gasteiger partial charge in [-0.05, 0) is 36.4 Å². The number of benzene rings is 2. The molecule has 1 aromatic heterocycles. The highest BCUT2D eigenvalue weighted by Crippen LogP contribution is 2.14. The van der Waals surface area contributed by atoms with Crippen LogP contribution in [0.1, 0.15) is 5.82 Å². The number of rotatable bonds is 6. The topological polar surface area (TPSA) is 56.2 Å². The fraction of sp³-hybridized carbons (Fsp3) is 0.222. The molecule has 24 heavy (non-hydrogen) atoms. The van der Waals surface area contributed by atoms with E-state index in [1.165, 1.54) is 24.3 Å². The second-order valence-corrected chi connectivity index (χ2v) is 5.42. The van der Waals surface area contributed by atoms with Crippen LogP contribution in [-0.4, -0.2) is 28.6 Å². The lowest BCUT2D eigenvalue weighted by molar-refractivity contribution is -0.123. The van der Waals surface area contributed by atoms with Crippen LogP contribution in [0.15, 0.2) is 48.5 Å². The highest BCUT2D eigenvalue weighted by Gasteiger charge is 2.08. The van der Waals surface area contributed by atoms with Gasteiger partial charge in [0.15, 0.2) is 6.61 Å². The number of ether oxygens (including phenoxy) is 1. The average molecular weight is 327 g/mol. The third kappa shape index (κ3) is 3.71. The largest absolute Gasteiger partial charge is 0.484 e. The highest BCUT2D eigenvalue weighted by molar-refractivity contribution is 5.77. The van der Waals surface area contributed by atoms with E-state index in [2.05, 4.69) is 10.3 Å². The lowest BCUT2D eigenvalue weighted by Gasteiger charge is -2.07. The highest BCUT2D eigenvalue weighted by atomic mass is 19.1. The van der Waals surface area contributed by atoms with Gasteiger partial charge in [0.2, 0.25) is 0 Å². The van der Waals surface area contributed by atoms with Gasteiger partial charge in [-0.2, -0.15) is 0 Å². The van der Waals surface area contributed by atoms with Gasteiger partial charge in [-0.25, -0.2) is 9.37 Å². The Kier molecular flexibility index (Phi) is 4.74. The molecule has 0 unspecified atom stereocenters. The Morgan fingerprint density at radius 3 is 2.71 bits per heavy atom. The Morgan fingerprint density at radius 2 is 1.96 bits per heavy atom. The maximum Gasteiger partial charge on any atom is 0.257 e. The summed E-state index contributed by atoms with van der Waals surface area (Å²) in [4.78, 5) is 16.3. The van der Waals surface area contributed by atoms with Gasteiger partial charge in [-0.3, -0.25) is 4.79 Å². The lowest BCUT2D eigenvalue weighted by Crippen LogP contribution is -2.31. The van der Waals surface area contributed by atoms with Crippen molar-refractivity contribution in [3.63, 3.8) is 0 Å². The van der Waals surface area contributed by atoms with E-state index in [-0.39, 0.29) is 18.3 Å². The molecular weight excluding hydrogens is 309 g/mol. The Bertz CT molecular complexity index is 843. The zero-order valence-corrected chi connectivity index (χ0v) is 13.3. The van der Waals surface area contributed by atoms with Crippen LogP contribution in [0, 0.1) is 5.82 Å². The molecule has 6 heteroatoms. The van der Waals surface area contributed by atoms with Crippen LogP contribution in [-0.2, 0) is 18.3 Å². The van der Waals surface area contributed by atoms with Crippen LogP contribution in [0.4, 0.5) is 4.39 Å². The molecule has 0 atom stereocenters. The van der Waals surface area contributed by atoms with E-state index in [0.29, 0.717) is 18.7 Å². The molecule has 3 aromatic rings. The van der Waals surface area contributed by atoms with Crippen LogP contribution in [0.5, 0.6) is 5.75 Å². The average Bonchev–Trinajstić information content (AvgIpc) is 2.91. The number of carbonyl (C=O) groups is 1. The van der Waals surface area contributed by atoms with Gasteiger partial charge in [-0.1, -0.05) is 12.1 Å². The number of nitrogens with one attached hydrogen (secondary N) is 1. The van der Waals surface area contributed by atoms with Crippen molar-refractivity contribution in [2.24, 2.45) is 7.05 Å². The molecule has 0 aliphatic carbocycles. The van der Waals surface area contributed by atoms with Crippen molar-refractivity contribution in [3.8, 4) is 5.75 Å². The molecule has 0 saturated heterocycles. The summed E-state index contributed by atoms with van der Waals surface area (Å²) in [5, 5.41) is 2.79. The lowest BCUT2D eigenvalue weighted by atomic mass is 10.3. The summed E-state index contributed by atoms with van der Waals surface area (Å²) in [5.74, 6) is 0.810. The van der Waals surface area contributed by atoms with Crippen molar-refractivity contribution in [3.05, 3.63) is 60.2 Å². The van der Waals surface area contributed by atoms with E-state index in [1.807, 2.05) is 35.9 Å². The van der Waals surface area contributed by atoms with E-state index in [0.717, 1.165) is 16.9 Å². The van der Waals surface area contributed by atoms with Crippen molar-refractivity contribution in [2.75, 3.05) is 13.2 Å². The summed E-state index contributed by atoms with van der Waals surface area (Å²) in [6.07, 6.45) is 0.632. The number of para-hydroxylation sites is 2. The first-order valence-electron chi connectivity index (χ1n) is 7.69. The van der Waals surface area contributed by atoms with Gasteiger partial charge in [-0.15, -0.1) is 0 Å². The van der Waals surface area contributed by atoms with Crippen LogP contribution in [0.3, 0.4) is 0 Å². The van der Waals surface area contributed by atoms with E-state index in [4.69, 9.17) is 4.74 Å². The van der Waals surface area contributed by atoms with Gasteiger partial charge >= 0.3 is 0 Å². The minimum atomic E-state index is -0.339. The van der Waals surface area contributed by atoms with E-state index < -0.39 is 0 Å². The SMILES string of the molecule is Cn1c(CCNC(=O)COc2ccc(F)cc2)nc2ccccc21. The van der Waals surface area contributed by atoms with Gasteiger partial charge in [0, 0.05) is 20.0 Å². The third-order valence-corrected chi connectivity index (χ3v) is 3.73. The fourth-order valence-corrected chi connectivity index (χ4v) is 2.46. The Hall–Kier alpha value is -2.89. The van der Waals surface area contributed by atoms with Gasteiger partial charge in [0.25, 0.3) is 5.91 Å². The monoisotopic (exact) mass is 327 g/mol. The third-order valence-electron chi connectivity index (χ3n) is 3.73. The number of hydrogen-bond acceptors (Lipinski definition) is 3. The molecule has 0 fully saturated rings. The van der Waals surface area contributed by atoms with Crippen LogP contribution in [0.2, 0.25) is 0 Å². The Labute approximate surface area is 139 Å². The minimum absolute atomic E-state index is 0.103. The first-order chi connectivity index (χ1) is 11.6. The molecule has 1 heterocycles. The molecule has 0 radical (unpaired) electrons. The molecule has 3 rings (SSSR count). The van der Waals surface area contributed by atoms with Crippen molar-refractivity contribution in [1.82, 2.24) is 14.9 Å². The van der Waals surface area contributed by atoms with Crippen molar-refractivity contribution < 1.29 is 13.9 Å². The van der Waals surface area contributed by atoms with Gasteiger partial charge < -0.3 is 14.6 Å². The molecule has 0 saturated carbocycles. The number of amides is 1. The van der Waals surface area contributed by atoms with Gasteiger partial charge in [0.1, 0.15) is 17.4 Å². The number of halogens is 1. The van der Waals surface area contributed by atoms with Gasteiger partial charge in [0.05, 0.1) is 11.0 Å². The quantitative estimate of drug-likeness (QED) is 0.757. The van der Waals surface area contributed by atoms with E-state index in [1.54, 1.807) is 0 Å². The number of aryl methyl sites for hydroxylation is 1. The molecule has 0 bridgehead atoms. The number of aromatic nitrogens is 2. The summed E-state index contributed by atoms with van der Waals surface area (Å²) >= 11 is 0. The molecule has 0 aliphatic rings. The minimum Gasteiger partial charge on any atom is -0.484 e. The molecule has 124 valence electrons. The Morgan fingerprint density at radius 1 is 1.21 bits per heavy atom. The molecule has 0 spiro atoms.